The summed E-state index contributed by atoms with van der Waals surface area (Å²) in [6.07, 6.45) is 1.88. The number of nitrogens with zero attached hydrogens (tertiary/aromatic N) is 2. The van der Waals surface area contributed by atoms with Crippen molar-refractivity contribution in [3.63, 3.8) is 0 Å². The van der Waals surface area contributed by atoms with E-state index in [1.807, 2.05) is 19.3 Å². The quantitative estimate of drug-likeness (QED) is 0.913. The fourth-order valence-corrected chi connectivity index (χ4v) is 2.61. The number of nitrogens with one attached hydrogen (secondary N) is 2. The SMILES string of the molecule is CNC1Nc2ncc(Br)cc2N1Cc1ccccc1. The summed E-state index contributed by atoms with van der Waals surface area (Å²) in [5.74, 6) is 0.915. The maximum atomic E-state index is 4.41. The maximum Gasteiger partial charge on any atom is 0.156 e. The van der Waals surface area contributed by atoms with Gasteiger partial charge in [0.1, 0.15) is 0 Å². The van der Waals surface area contributed by atoms with Crippen LogP contribution in [-0.4, -0.2) is 18.3 Å². The van der Waals surface area contributed by atoms with Gasteiger partial charge in [-0.2, -0.15) is 0 Å². The van der Waals surface area contributed by atoms with Crippen LogP contribution in [0.2, 0.25) is 0 Å². The van der Waals surface area contributed by atoms with Crippen molar-refractivity contribution in [2.24, 2.45) is 0 Å². The summed E-state index contributed by atoms with van der Waals surface area (Å²) in [7, 11) is 1.94. The molecular formula is C14H15BrN4. The molecule has 1 aromatic heterocycles. The Kier molecular flexibility index (Phi) is 3.40. The van der Waals surface area contributed by atoms with Crippen molar-refractivity contribution in [1.82, 2.24) is 10.3 Å². The molecule has 2 N–H and O–H groups in total. The zero-order valence-electron chi connectivity index (χ0n) is 10.6. The van der Waals surface area contributed by atoms with Crippen molar-refractivity contribution < 1.29 is 0 Å². The van der Waals surface area contributed by atoms with Crippen LogP contribution in [0.5, 0.6) is 0 Å². The van der Waals surface area contributed by atoms with E-state index >= 15 is 0 Å². The van der Waals surface area contributed by atoms with Crippen molar-refractivity contribution in [2.75, 3.05) is 17.3 Å². The maximum absolute atomic E-state index is 4.41. The fraction of sp³-hybridized carbons (Fsp3) is 0.214. The van der Waals surface area contributed by atoms with Crippen LogP contribution < -0.4 is 15.5 Å². The smallest absolute Gasteiger partial charge is 0.156 e. The largest absolute Gasteiger partial charge is 0.336 e. The minimum Gasteiger partial charge on any atom is -0.336 e. The highest BCUT2D eigenvalue weighted by Gasteiger charge is 2.28. The Bertz CT molecular complexity index is 573. The van der Waals surface area contributed by atoms with Gasteiger partial charge in [-0.15, -0.1) is 0 Å². The Labute approximate surface area is 121 Å². The second kappa shape index (κ2) is 5.19. The Morgan fingerprint density at radius 2 is 2.16 bits per heavy atom. The van der Waals surface area contributed by atoms with Gasteiger partial charge in [0, 0.05) is 17.2 Å². The number of anilines is 2. The molecule has 0 spiro atoms. The molecule has 1 aliphatic rings. The van der Waals surface area contributed by atoms with E-state index in [-0.39, 0.29) is 6.29 Å². The number of benzene rings is 1. The van der Waals surface area contributed by atoms with Crippen LogP contribution in [0.4, 0.5) is 11.5 Å². The van der Waals surface area contributed by atoms with Gasteiger partial charge in [0.05, 0.1) is 5.69 Å². The molecule has 1 aromatic carbocycles. The van der Waals surface area contributed by atoms with E-state index in [0.29, 0.717) is 0 Å². The Balaban J connectivity index is 1.93. The zero-order chi connectivity index (χ0) is 13.2. The third kappa shape index (κ3) is 2.43. The minimum atomic E-state index is 0.0667. The van der Waals surface area contributed by atoms with Crippen LogP contribution in [0.15, 0.2) is 47.1 Å². The first-order valence-electron chi connectivity index (χ1n) is 6.18. The lowest BCUT2D eigenvalue weighted by molar-refractivity contribution is 0.594. The average Bonchev–Trinajstić information content (AvgIpc) is 2.78. The number of hydrogen-bond donors (Lipinski definition) is 2. The number of halogens is 1. The van der Waals surface area contributed by atoms with Crippen molar-refractivity contribution in [2.45, 2.75) is 12.8 Å². The van der Waals surface area contributed by atoms with Gasteiger partial charge < -0.3 is 10.2 Å². The Morgan fingerprint density at radius 1 is 1.37 bits per heavy atom. The predicted molar refractivity (Wildman–Crippen MR) is 81.0 cm³/mol. The van der Waals surface area contributed by atoms with Gasteiger partial charge >= 0.3 is 0 Å². The van der Waals surface area contributed by atoms with Crippen molar-refractivity contribution in [1.29, 1.82) is 0 Å². The molecule has 0 amide bonds. The highest BCUT2D eigenvalue weighted by molar-refractivity contribution is 9.10. The molecule has 1 unspecified atom stereocenters. The van der Waals surface area contributed by atoms with Crippen LogP contribution in [0, 0.1) is 0 Å². The molecular weight excluding hydrogens is 304 g/mol. The number of aromatic nitrogens is 1. The highest BCUT2D eigenvalue weighted by atomic mass is 79.9. The zero-order valence-corrected chi connectivity index (χ0v) is 12.2. The molecule has 2 aromatic rings. The van der Waals surface area contributed by atoms with E-state index in [2.05, 4.69) is 66.8 Å². The lowest BCUT2D eigenvalue weighted by Crippen LogP contribution is -2.45. The molecule has 0 saturated heterocycles. The molecule has 19 heavy (non-hydrogen) atoms. The number of pyridine rings is 1. The van der Waals surface area contributed by atoms with Crippen LogP contribution in [-0.2, 0) is 6.54 Å². The first-order chi connectivity index (χ1) is 9.28. The first kappa shape index (κ1) is 12.4. The van der Waals surface area contributed by atoms with Crippen LogP contribution in [0.3, 0.4) is 0 Å². The summed E-state index contributed by atoms with van der Waals surface area (Å²) in [5.41, 5.74) is 2.38. The minimum absolute atomic E-state index is 0.0667. The van der Waals surface area contributed by atoms with Gasteiger partial charge in [-0.05, 0) is 34.6 Å². The molecule has 0 radical (unpaired) electrons. The summed E-state index contributed by atoms with van der Waals surface area (Å²) in [4.78, 5) is 6.68. The standard InChI is InChI=1S/C14H15BrN4/c1-16-14-18-13-12(7-11(15)8-17-13)19(14)9-10-5-3-2-4-6-10/h2-8,14,16H,9H2,1H3,(H,17,18). The van der Waals surface area contributed by atoms with E-state index < -0.39 is 0 Å². The summed E-state index contributed by atoms with van der Waals surface area (Å²) in [6.45, 7) is 0.838. The molecule has 1 atom stereocenters. The van der Waals surface area contributed by atoms with E-state index in [9.17, 15) is 0 Å². The first-order valence-corrected chi connectivity index (χ1v) is 6.97. The number of rotatable bonds is 3. The monoisotopic (exact) mass is 318 g/mol. The Morgan fingerprint density at radius 3 is 2.89 bits per heavy atom. The molecule has 5 heteroatoms. The molecule has 0 aliphatic carbocycles. The summed E-state index contributed by atoms with van der Waals surface area (Å²) < 4.78 is 0.989. The van der Waals surface area contributed by atoms with Gasteiger partial charge in [-0.25, -0.2) is 4.98 Å². The molecule has 0 bridgehead atoms. The van der Waals surface area contributed by atoms with Gasteiger partial charge in [0.25, 0.3) is 0 Å². The summed E-state index contributed by atoms with van der Waals surface area (Å²) in [6, 6.07) is 12.5. The lowest BCUT2D eigenvalue weighted by Gasteiger charge is -2.26. The molecule has 0 saturated carbocycles. The third-order valence-electron chi connectivity index (χ3n) is 3.20. The van der Waals surface area contributed by atoms with Gasteiger partial charge in [-0.3, -0.25) is 5.32 Å². The average molecular weight is 319 g/mol. The molecule has 98 valence electrons. The van der Waals surface area contributed by atoms with Gasteiger partial charge in [0.2, 0.25) is 0 Å². The molecule has 4 nitrogen and oxygen atoms in total. The molecule has 1 aliphatic heterocycles. The van der Waals surface area contributed by atoms with Crippen LogP contribution in [0.25, 0.3) is 0 Å². The normalized spacial score (nSPS) is 17.2. The topological polar surface area (TPSA) is 40.2 Å². The van der Waals surface area contributed by atoms with E-state index in [1.54, 1.807) is 0 Å². The van der Waals surface area contributed by atoms with Crippen molar-refractivity contribution >= 4 is 27.4 Å². The van der Waals surface area contributed by atoms with Crippen molar-refractivity contribution in [3.8, 4) is 0 Å². The second-order valence-corrected chi connectivity index (χ2v) is 5.39. The van der Waals surface area contributed by atoms with Gasteiger partial charge in [0.15, 0.2) is 12.1 Å². The summed E-state index contributed by atoms with van der Waals surface area (Å²) in [5, 5.41) is 6.62. The third-order valence-corrected chi connectivity index (χ3v) is 3.63. The summed E-state index contributed by atoms with van der Waals surface area (Å²) >= 11 is 3.48. The van der Waals surface area contributed by atoms with Crippen LogP contribution >= 0.6 is 15.9 Å². The predicted octanol–water partition coefficient (Wildman–Crippen LogP) is 2.78. The molecule has 3 rings (SSSR count). The second-order valence-electron chi connectivity index (χ2n) is 4.47. The highest BCUT2D eigenvalue weighted by Crippen LogP contribution is 2.34. The fourth-order valence-electron chi connectivity index (χ4n) is 2.29. The Hall–Kier alpha value is -1.59. The van der Waals surface area contributed by atoms with E-state index in [0.717, 1.165) is 22.5 Å². The molecule has 0 fully saturated rings. The van der Waals surface area contributed by atoms with Gasteiger partial charge in [-0.1, -0.05) is 30.3 Å². The molecule has 2 heterocycles. The number of hydrogen-bond acceptors (Lipinski definition) is 4. The van der Waals surface area contributed by atoms with Crippen molar-refractivity contribution in [3.05, 3.63) is 52.6 Å². The lowest BCUT2D eigenvalue weighted by atomic mass is 10.2. The van der Waals surface area contributed by atoms with Crippen LogP contribution in [0.1, 0.15) is 5.56 Å². The van der Waals surface area contributed by atoms with E-state index in [1.165, 1.54) is 5.56 Å². The number of fused-ring (bicyclic) bond motifs is 1. The van der Waals surface area contributed by atoms with E-state index in [4.69, 9.17) is 0 Å².